The fourth-order valence-electron chi connectivity index (χ4n) is 7.59. The number of fused-ring (bicyclic) bond motifs is 22. The van der Waals surface area contributed by atoms with Gasteiger partial charge in [-0.25, -0.2) is 9.97 Å². The van der Waals surface area contributed by atoms with Crippen molar-refractivity contribution >= 4 is 65.2 Å². The van der Waals surface area contributed by atoms with Crippen molar-refractivity contribution in [3.05, 3.63) is 146 Å². The summed E-state index contributed by atoms with van der Waals surface area (Å²) in [6.45, 7) is 0. The molecule has 5 heterocycles. The van der Waals surface area contributed by atoms with Crippen LogP contribution in [0.1, 0.15) is 0 Å². The first-order valence-corrected chi connectivity index (χ1v) is 16.2. The van der Waals surface area contributed by atoms with Crippen LogP contribution in [-0.2, 0) is 21.1 Å². The average Bonchev–Trinajstić information content (AvgIpc) is 3.85. The van der Waals surface area contributed by atoms with Crippen LogP contribution < -0.4 is 9.97 Å². The van der Waals surface area contributed by atoms with E-state index in [2.05, 4.69) is 146 Å². The van der Waals surface area contributed by atoms with E-state index in [1.165, 1.54) is 21.5 Å². The van der Waals surface area contributed by atoms with E-state index >= 15 is 0 Å². The second-order valence-corrected chi connectivity index (χ2v) is 12.7. The maximum atomic E-state index is 5.29. The molecule has 9 aromatic rings. The van der Waals surface area contributed by atoms with Crippen LogP contribution in [0, 0.1) is 0 Å². The molecule has 11 rings (SSSR count). The van der Waals surface area contributed by atoms with Crippen LogP contribution in [-0.4, -0.2) is 9.97 Å². The normalized spacial score (nSPS) is 11.9. The number of hydrogen-bond acceptors (Lipinski definition) is 2. The monoisotopic (exact) mass is 803 g/mol. The van der Waals surface area contributed by atoms with Gasteiger partial charge < -0.3 is 9.97 Å². The summed E-state index contributed by atoms with van der Waals surface area (Å²) in [6.07, 6.45) is 0. The Hall–Kier alpha value is -5.83. The molecule has 4 nitrogen and oxygen atoms in total. The summed E-state index contributed by atoms with van der Waals surface area (Å²) in [5.74, 6) is 0. The molecule has 0 amide bonds. The van der Waals surface area contributed by atoms with Crippen LogP contribution in [0.25, 0.3) is 110 Å². The minimum atomic E-state index is 0. The largest absolute Gasteiger partial charge is 2.00 e. The van der Waals surface area contributed by atoms with E-state index in [9.17, 15) is 0 Å². The molecule has 5 heteroatoms. The smallest absolute Gasteiger partial charge is 0.657 e. The minimum absolute atomic E-state index is 0. The Balaban J connectivity index is 0.00000306. The molecule has 0 fully saturated rings. The van der Waals surface area contributed by atoms with Crippen molar-refractivity contribution in [1.29, 1.82) is 0 Å². The number of rotatable bonds is 0. The molecule has 0 saturated carbocycles. The van der Waals surface area contributed by atoms with E-state index in [4.69, 9.17) is 19.9 Å². The van der Waals surface area contributed by atoms with Crippen molar-refractivity contribution in [3.63, 3.8) is 0 Å². The number of aromatic nitrogens is 4. The van der Waals surface area contributed by atoms with Crippen LogP contribution in [0.3, 0.4) is 0 Å². The molecule has 2 aliphatic rings. The summed E-state index contributed by atoms with van der Waals surface area (Å²) in [5, 5.41) is 9.12. The maximum absolute atomic E-state index is 5.29. The summed E-state index contributed by atoms with van der Waals surface area (Å²) in [5.41, 5.74) is 11.6. The first-order chi connectivity index (χ1) is 23.7. The molecule has 6 aromatic carbocycles. The zero-order chi connectivity index (χ0) is 31.3. The predicted octanol–water partition coefficient (Wildman–Crippen LogP) is 10.9. The molecule has 0 unspecified atom stereocenters. The van der Waals surface area contributed by atoms with Crippen LogP contribution in [0.15, 0.2) is 146 Å². The summed E-state index contributed by atoms with van der Waals surface area (Å²) < 4.78 is 0. The van der Waals surface area contributed by atoms with Crippen molar-refractivity contribution in [3.8, 4) is 45.0 Å². The Labute approximate surface area is 295 Å². The van der Waals surface area contributed by atoms with Gasteiger partial charge in [0, 0.05) is 22.3 Å². The molecular formula is C44H24N4Pt. The fourth-order valence-corrected chi connectivity index (χ4v) is 7.59. The molecule has 230 valence electrons. The quantitative estimate of drug-likeness (QED) is 0.153. The minimum Gasteiger partial charge on any atom is -0.657 e. The van der Waals surface area contributed by atoms with E-state index in [0.717, 1.165) is 88.6 Å². The van der Waals surface area contributed by atoms with Crippen molar-refractivity contribution in [2.75, 3.05) is 0 Å². The van der Waals surface area contributed by atoms with Crippen molar-refractivity contribution in [2.24, 2.45) is 0 Å². The second kappa shape index (κ2) is 10.6. The number of hydrogen-bond donors (Lipinski definition) is 0. The zero-order valence-electron chi connectivity index (χ0n) is 26.0. The van der Waals surface area contributed by atoms with E-state index in [0.29, 0.717) is 0 Å². The summed E-state index contributed by atoms with van der Waals surface area (Å²) >= 11 is 0. The molecule has 0 spiro atoms. The Morgan fingerprint density at radius 3 is 0.816 bits per heavy atom. The summed E-state index contributed by atoms with van der Waals surface area (Å²) in [4.78, 5) is 21.1. The van der Waals surface area contributed by atoms with Crippen LogP contribution in [0.2, 0.25) is 0 Å². The molecule has 49 heavy (non-hydrogen) atoms. The zero-order valence-corrected chi connectivity index (χ0v) is 28.2. The molecule has 0 aliphatic carbocycles. The van der Waals surface area contributed by atoms with Gasteiger partial charge in [-0.2, -0.15) is 0 Å². The molecule has 8 bridgehead atoms. The molecular weight excluding hydrogens is 780 g/mol. The molecule has 0 N–H and O–H groups in total. The summed E-state index contributed by atoms with van der Waals surface area (Å²) in [6, 6.07) is 51.5. The Morgan fingerprint density at radius 1 is 0.306 bits per heavy atom. The van der Waals surface area contributed by atoms with Gasteiger partial charge in [-0.3, -0.25) is 0 Å². The number of nitrogens with zero attached hydrogens (tertiary/aromatic N) is 4. The van der Waals surface area contributed by atoms with Gasteiger partial charge in [-0.1, -0.05) is 97.1 Å². The van der Waals surface area contributed by atoms with Gasteiger partial charge in [0.05, 0.1) is 22.8 Å². The van der Waals surface area contributed by atoms with Crippen molar-refractivity contribution in [1.82, 2.24) is 19.9 Å². The van der Waals surface area contributed by atoms with E-state index in [1.54, 1.807) is 0 Å². The van der Waals surface area contributed by atoms with Crippen LogP contribution >= 0.6 is 0 Å². The molecule has 2 aliphatic heterocycles. The van der Waals surface area contributed by atoms with Gasteiger partial charge in [0.25, 0.3) is 0 Å². The molecule has 3 aromatic heterocycles. The second-order valence-electron chi connectivity index (χ2n) is 12.7. The third kappa shape index (κ3) is 4.27. The Bertz CT molecular complexity index is 2620. The van der Waals surface area contributed by atoms with Gasteiger partial charge in [-0.15, -0.1) is 22.1 Å². The summed E-state index contributed by atoms with van der Waals surface area (Å²) in [7, 11) is 0. The molecule has 0 atom stereocenters. The van der Waals surface area contributed by atoms with Gasteiger partial charge in [-0.05, 0) is 91.6 Å². The molecule has 0 radical (unpaired) electrons. The van der Waals surface area contributed by atoms with Crippen LogP contribution in [0.4, 0.5) is 0 Å². The Morgan fingerprint density at radius 2 is 0.551 bits per heavy atom. The first-order valence-electron chi connectivity index (χ1n) is 16.2. The SMILES string of the molecule is [Pt+2].c1ccc2cc3c(cc2c1)-c1cc2[n-]c(cc4nc(cc5[n-]c(cc-3n1)c1ccccc51)-c1cc3ccccc3cc1-4)c1ccccc21. The maximum Gasteiger partial charge on any atom is 2.00 e. The first kappa shape index (κ1) is 28.2. The number of benzene rings is 6. The van der Waals surface area contributed by atoms with Gasteiger partial charge in [0.2, 0.25) is 0 Å². The average molecular weight is 804 g/mol. The topological polar surface area (TPSA) is 54.0 Å². The Kier molecular flexibility index (Phi) is 6.09. The van der Waals surface area contributed by atoms with E-state index < -0.39 is 0 Å². The fraction of sp³-hybridized carbons (Fsp3) is 0. The van der Waals surface area contributed by atoms with Crippen LogP contribution in [0.5, 0.6) is 0 Å². The van der Waals surface area contributed by atoms with E-state index in [1.807, 2.05) is 0 Å². The van der Waals surface area contributed by atoms with Gasteiger partial charge >= 0.3 is 21.1 Å². The third-order valence-electron chi connectivity index (χ3n) is 9.89. The predicted molar refractivity (Wildman–Crippen MR) is 198 cm³/mol. The third-order valence-corrected chi connectivity index (χ3v) is 9.89. The van der Waals surface area contributed by atoms with E-state index in [-0.39, 0.29) is 21.1 Å². The van der Waals surface area contributed by atoms with Crippen molar-refractivity contribution < 1.29 is 21.1 Å². The standard InChI is InChI=1S/C44H24N4.Pt/c1-2-10-26-18-34-33(17-25(26)9-1)41-21-37-29-13-5-6-14-30(29)39(45-37)23-43-35-19-27-11-3-4-12-28(27)20-36(35)44(48-43)24-40-32-16-8-7-15-31(32)38(46-40)22-42(34)47-41;/h1-24H;/q-2;+2. The molecule has 0 saturated heterocycles. The van der Waals surface area contributed by atoms with Gasteiger partial charge in [0.15, 0.2) is 0 Å². The van der Waals surface area contributed by atoms with Gasteiger partial charge in [0.1, 0.15) is 0 Å². The van der Waals surface area contributed by atoms with Crippen molar-refractivity contribution in [2.45, 2.75) is 0 Å².